The van der Waals surface area contributed by atoms with Crippen LogP contribution in [0.15, 0.2) is 60.8 Å². The monoisotopic (exact) mass is 335 g/mol. The third-order valence-electron chi connectivity index (χ3n) is 3.88. The van der Waals surface area contributed by atoms with Crippen LogP contribution in [0, 0.1) is 0 Å². The Morgan fingerprint density at radius 1 is 0.840 bits per heavy atom. The molecule has 5 nitrogen and oxygen atoms in total. The molecule has 1 heterocycles. The highest BCUT2D eigenvalue weighted by atomic mass is 16.5. The lowest BCUT2D eigenvalue weighted by Crippen LogP contribution is -2.07. The maximum Gasteiger partial charge on any atom is 0.161 e. The minimum absolute atomic E-state index is 0.692. The summed E-state index contributed by atoms with van der Waals surface area (Å²) in [6, 6.07) is 17.7. The van der Waals surface area contributed by atoms with Crippen LogP contribution in [0.25, 0.3) is 11.4 Å². The van der Waals surface area contributed by atoms with Crippen LogP contribution in [0.5, 0.6) is 11.5 Å². The van der Waals surface area contributed by atoms with Crippen molar-refractivity contribution in [2.24, 2.45) is 0 Å². The third-order valence-corrected chi connectivity index (χ3v) is 3.88. The Labute approximate surface area is 147 Å². The summed E-state index contributed by atoms with van der Waals surface area (Å²) in [5.41, 5.74) is 2.21. The molecule has 0 aliphatic carbocycles. The molecule has 0 saturated heterocycles. The molecule has 0 saturated carbocycles. The number of benzene rings is 2. The van der Waals surface area contributed by atoms with E-state index in [0.717, 1.165) is 35.8 Å². The van der Waals surface area contributed by atoms with Crippen LogP contribution in [0.3, 0.4) is 0 Å². The Balaban J connectivity index is 1.60. The van der Waals surface area contributed by atoms with Crippen molar-refractivity contribution in [1.29, 1.82) is 0 Å². The molecule has 0 aliphatic rings. The summed E-state index contributed by atoms with van der Waals surface area (Å²) in [4.78, 5) is 8.92. The van der Waals surface area contributed by atoms with Crippen molar-refractivity contribution >= 4 is 5.82 Å². The Morgan fingerprint density at radius 3 is 2.12 bits per heavy atom. The highest BCUT2D eigenvalue weighted by Gasteiger charge is 2.03. The number of ether oxygens (including phenoxy) is 2. The first-order chi connectivity index (χ1) is 12.3. The van der Waals surface area contributed by atoms with Crippen LogP contribution in [-0.4, -0.2) is 30.7 Å². The Bertz CT molecular complexity index is 802. The summed E-state index contributed by atoms with van der Waals surface area (Å²) < 4.78 is 10.3. The van der Waals surface area contributed by atoms with Crippen molar-refractivity contribution in [3.8, 4) is 22.9 Å². The molecule has 0 bridgehead atoms. The summed E-state index contributed by atoms with van der Waals surface area (Å²) >= 11 is 0. The lowest BCUT2D eigenvalue weighted by Gasteiger charge is -2.08. The van der Waals surface area contributed by atoms with Crippen LogP contribution >= 0.6 is 0 Å². The van der Waals surface area contributed by atoms with Gasteiger partial charge in [-0.3, -0.25) is 0 Å². The van der Waals surface area contributed by atoms with Crippen molar-refractivity contribution in [1.82, 2.24) is 9.97 Å². The average Bonchev–Trinajstić information content (AvgIpc) is 2.69. The predicted octanol–water partition coefficient (Wildman–Crippen LogP) is 3.82. The second-order valence-electron chi connectivity index (χ2n) is 5.52. The van der Waals surface area contributed by atoms with Crippen LogP contribution < -0.4 is 14.8 Å². The number of methoxy groups -OCH3 is 2. The number of nitrogens with zero attached hydrogens (tertiary/aromatic N) is 2. The summed E-state index contributed by atoms with van der Waals surface area (Å²) in [5.74, 6) is 3.19. The van der Waals surface area contributed by atoms with Crippen molar-refractivity contribution < 1.29 is 9.47 Å². The fourth-order valence-corrected chi connectivity index (χ4v) is 2.46. The topological polar surface area (TPSA) is 56.3 Å². The number of hydrogen-bond donors (Lipinski definition) is 1. The molecule has 25 heavy (non-hydrogen) atoms. The zero-order chi connectivity index (χ0) is 17.5. The lowest BCUT2D eigenvalue weighted by molar-refractivity contribution is 0.414. The van der Waals surface area contributed by atoms with E-state index >= 15 is 0 Å². The number of rotatable bonds is 7. The van der Waals surface area contributed by atoms with Crippen LogP contribution in [0.2, 0.25) is 0 Å². The molecule has 0 unspecified atom stereocenters. The molecule has 0 atom stereocenters. The van der Waals surface area contributed by atoms with Gasteiger partial charge in [0.1, 0.15) is 17.3 Å². The van der Waals surface area contributed by atoms with Gasteiger partial charge in [-0.1, -0.05) is 12.1 Å². The molecule has 1 aromatic heterocycles. The van der Waals surface area contributed by atoms with Crippen LogP contribution in [0.4, 0.5) is 5.82 Å². The van der Waals surface area contributed by atoms with Crippen molar-refractivity contribution in [2.45, 2.75) is 6.42 Å². The SMILES string of the molecule is COc1ccc(CCNc2ccnc(-c3ccc(OC)cc3)n2)cc1. The standard InChI is InChI=1S/C20H21N3O2/c1-24-17-7-3-15(4-8-17)11-13-21-19-12-14-22-20(23-19)16-5-9-18(25-2)10-6-16/h3-10,12,14H,11,13H2,1-2H3,(H,21,22,23). The Hall–Kier alpha value is -3.08. The van der Waals surface area contributed by atoms with Gasteiger partial charge in [-0.05, 0) is 54.4 Å². The van der Waals surface area contributed by atoms with Gasteiger partial charge in [0.05, 0.1) is 14.2 Å². The quantitative estimate of drug-likeness (QED) is 0.711. The second-order valence-corrected chi connectivity index (χ2v) is 5.52. The van der Waals surface area contributed by atoms with E-state index in [1.807, 2.05) is 42.5 Å². The molecule has 2 aromatic carbocycles. The number of aromatic nitrogens is 2. The van der Waals surface area contributed by atoms with Crippen molar-refractivity contribution in [3.05, 3.63) is 66.4 Å². The molecule has 0 aliphatic heterocycles. The fraction of sp³-hybridized carbons (Fsp3) is 0.200. The minimum atomic E-state index is 0.692. The predicted molar refractivity (Wildman–Crippen MR) is 99.2 cm³/mol. The van der Waals surface area contributed by atoms with E-state index in [0.29, 0.717) is 5.82 Å². The molecule has 128 valence electrons. The smallest absolute Gasteiger partial charge is 0.161 e. The first-order valence-corrected chi connectivity index (χ1v) is 8.13. The molecule has 1 N–H and O–H groups in total. The van der Waals surface area contributed by atoms with E-state index in [1.165, 1.54) is 5.56 Å². The van der Waals surface area contributed by atoms with Gasteiger partial charge in [0.25, 0.3) is 0 Å². The third kappa shape index (κ3) is 4.47. The molecule has 0 fully saturated rings. The number of nitrogens with one attached hydrogen (secondary N) is 1. The van der Waals surface area contributed by atoms with E-state index in [1.54, 1.807) is 20.4 Å². The van der Waals surface area contributed by atoms with Gasteiger partial charge in [0.2, 0.25) is 0 Å². The molecule has 0 radical (unpaired) electrons. The number of anilines is 1. The molecule has 3 rings (SSSR count). The minimum Gasteiger partial charge on any atom is -0.497 e. The van der Waals surface area contributed by atoms with E-state index in [-0.39, 0.29) is 0 Å². The maximum absolute atomic E-state index is 5.18. The van der Waals surface area contributed by atoms with Gasteiger partial charge in [-0.2, -0.15) is 0 Å². The zero-order valence-corrected chi connectivity index (χ0v) is 14.4. The van der Waals surface area contributed by atoms with E-state index in [2.05, 4.69) is 27.4 Å². The first kappa shape index (κ1) is 16.8. The molecule has 0 amide bonds. The van der Waals surface area contributed by atoms with Gasteiger partial charge < -0.3 is 14.8 Å². The van der Waals surface area contributed by atoms with Gasteiger partial charge in [-0.25, -0.2) is 9.97 Å². The highest BCUT2D eigenvalue weighted by Crippen LogP contribution is 2.20. The molecule has 3 aromatic rings. The van der Waals surface area contributed by atoms with E-state index in [4.69, 9.17) is 9.47 Å². The van der Waals surface area contributed by atoms with Gasteiger partial charge in [-0.15, -0.1) is 0 Å². The first-order valence-electron chi connectivity index (χ1n) is 8.13. The lowest BCUT2D eigenvalue weighted by atomic mass is 10.1. The summed E-state index contributed by atoms with van der Waals surface area (Å²) in [5, 5.41) is 3.35. The van der Waals surface area contributed by atoms with Gasteiger partial charge >= 0.3 is 0 Å². The Morgan fingerprint density at radius 2 is 1.48 bits per heavy atom. The molecule has 5 heteroatoms. The van der Waals surface area contributed by atoms with Crippen molar-refractivity contribution in [2.75, 3.05) is 26.1 Å². The normalized spacial score (nSPS) is 10.3. The largest absolute Gasteiger partial charge is 0.497 e. The summed E-state index contributed by atoms with van der Waals surface area (Å²) in [7, 11) is 3.32. The second kappa shape index (κ2) is 8.15. The summed E-state index contributed by atoms with van der Waals surface area (Å²) in [6.45, 7) is 0.797. The molecular weight excluding hydrogens is 314 g/mol. The average molecular weight is 335 g/mol. The van der Waals surface area contributed by atoms with E-state index in [9.17, 15) is 0 Å². The van der Waals surface area contributed by atoms with E-state index < -0.39 is 0 Å². The van der Waals surface area contributed by atoms with Gasteiger partial charge in [0, 0.05) is 18.3 Å². The highest BCUT2D eigenvalue weighted by molar-refractivity contribution is 5.58. The maximum atomic E-state index is 5.18. The van der Waals surface area contributed by atoms with Gasteiger partial charge in [0.15, 0.2) is 5.82 Å². The molecule has 0 spiro atoms. The Kier molecular flexibility index (Phi) is 5.46. The zero-order valence-electron chi connectivity index (χ0n) is 14.4. The fourth-order valence-electron chi connectivity index (χ4n) is 2.46. The van der Waals surface area contributed by atoms with Crippen LogP contribution in [0.1, 0.15) is 5.56 Å². The summed E-state index contributed by atoms with van der Waals surface area (Å²) in [6.07, 6.45) is 2.67. The van der Waals surface area contributed by atoms with Crippen LogP contribution in [-0.2, 0) is 6.42 Å². The number of hydrogen-bond acceptors (Lipinski definition) is 5. The van der Waals surface area contributed by atoms with Crippen molar-refractivity contribution in [3.63, 3.8) is 0 Å². The molecular formula is C20H21N3O2.